The average molecular weight is 915 g/mol. The standard InChI is InChI=1S/2C23H27.C2H7Si.2ClH.Hf/c2*1-4-6-10-18-15-19-11-9-14-22(23(19)16-18)21-13-8-7-12-20(21)17(3)5-2;1-3-2;;;/h2*7-9,11-17H,4-6,10H2,1-3H3;3H,1-2H3;2*1H;/q;;;;;+2/p-2. The molecule has 0 heterocycles. The molecule has 4 aromatic rings. The Morgan fingerprint density at radius 2 is 0.942 bits per heavy atom. The monoisotopic (exact) mass is 915 g/mol. The van der Waals surface area contributed by atoms with Crippen LogP contribution in [-0.2, 0) is 15.3 Å². The summed E-state index contributed by atoms with van der Waals surface area (Å²) in [7, 11) is 17.8. The molecule has 52 heavy (non-hydrogen) atoms. The fourth-order valence-corrected chi connectivity index (χ4v) is 54.1. The van der Waals surface area contributed by atoms with Crippen molar-refractivity contribution >= 4 is 35.3 Å². The van der Waals surface area contributed by atoms with Crippen molar-refractivity contribution in [1.82, 2.24) is 0 Å². The van der Waals surface area contributed by atoms with Crippen molar-refractivity contribution in [3.63, 3.8) is 0 Å². The molecule has 0 nitrogen and oxygen atoms in total. The van der Waals surface area contributed by atoms with E-state index in [0.29, 0.717) is 11.8 Å². The molecule has 0 radical (unpaired) electrons. The fraction of sp³-hybridized carbons (Fsp3) is 0.417. The maximum absolute atomic E-state index is 8.91. The molecular formula is C48H61Cl2HfSi. The summed E-state index contributed by atoms with van der Waals surface area (Å²) in [6.45, 7) is 19.0. The molecule has 0 amide bonds. The topological polar surface area (TPSA) is 0 Å². The van der Waals surface area contributed by atoms with Crippen LogP contribution in [0.15, 0.2) is 96.1 Å². The minimum atomic E-state index is -5.08. The third-order valence-corrected chi connectivity index (χ3v) is 85.8. The van der Waals surface area contributed by atoms with Gasteiger partial charge in [-0.25, -0.2) is 0 Å². The van der Waals surface area contributed by atoms with E-state index < -0.39 is 21.3 Å². The van der Waals surface area contributed by atoms with Crippen molar-refractivity contribution in [2.24, 2.45) is 0 Å². The number of unbranched alkanes of at least 4 members (excludes halogenated alkanes) is 2. The van der Waals surface area contributed by atoms with E-state index in [4.69, 9.17) is 17.2 Å². The molecule has 0 aromatic heterocycles. The normalized spacial score (nSPS) is 18.7. The SMILES string of the molecule is CCCCC1=Cc2c(-c3ccccc3C(C)CC)cccc2[CH]1[Hf]([Cl])([Cl])([CH]1C(CCCC)=Cc2c(-c3ccccc3C(C)CC)cccc21)[SiH](C)C. The van der Waals surface area contributed by atoms with Crippen molar-refractivity contribution in [3.05, 3.63) is 129 Å². The van der Waals surface area contributed by atoms with Crippen molar-refractivity contribution in [2.45, 2.75) is 125 Å². The molecule has 0 fully saturated rings. The van der Waals surface area contributed by atoms with Gasteiger partial charge in [0.2, 0.25) is 0 Å². The third-order valence-electron chi connectivity index (χ3n) is 12.9. The Labute approximate surface area is 325 Å². The summed E-state index contributed by atoms with van der Waals surface area (Å²) in [6, 6.07) is 32.3. The Bertz CT molecular complexity index is 1830. The number of hydrogen-bond donors (Lipinski definition) is 0. The first-order chi connectivity index (χ1) is 25.0. The Balaban J connectivity index is 1.61. The number of fused-ring (bicyclic) bond motifs is 2. The van der Waals surface area contributed by atoms with Crippen LogP contribution in [-0.4, -0.2) is 5.98 Å². The van der Waals surface area contributed by atoms with Crippen LogP contribution in [0.5, 0.6) is 0 Å². The first-order valence-electron chi connectivity index (χ1n) is 20.4. The van der Waals surface area contributed by atoms with E-state index in [0.717, 1.165) is 51.4 Å². The quantitative estimate of drug-likeness (QED) is 0.104. The van der Waals surface area contributed by atoms with Gasteiger partial charge >= 0.3 is 327 Å². The van der Waals surface area contributed by atoms with Crippen LogP contribution in [0.25, 0.3) is 34.4 Å². The molecule has 6 rings (SSSR count). The maximum atomic E-state index is 8.91. The first-order valence-corrected chi connectivity index (χ1v) is 42.6. The van der Waals surface area contributed by atoms with Crippen LogP contribution in [0, 0.1) is 0 Å². The molecule has 4 unspecified atom stereocenters. The molecule has 2 aliphatic carbocycles. The van der Waals surface area contributed by atoms with E-state index in [1.54, 1.807) is 0 Å². The van der Waals surface area contributed by atoms with Crippen LogP contribution in [0.3, 0.4) is 0 Å². The number of benzene rings is 4. The van der Waals surface area contributed by atoms with Gasteiger partial charge < -0.3 is 0 Å². The number of allylic oxidation sites excluding steroid dienone is 2. The average Bonchev–Trinajstić information content (AvgIpc) is 3.75. The number of hydrogen-bond acceptors (Lipinski definition) is 0. The van der Waals surface area contributed by atoms with Gasteiger partial charge in [-0.2, -0.15) is 0 Å². The molecule has 0 spiro atoms. The number of rotatable bonds is 15. The molecular weight excluding hydrogens is 854 g/mol. The molecule has 0 saturated carbocycles. The molecule has 275 valence electrons. The van der Waals surface area contributed by atoms with E-state index in [1.165, 1.54) is 66.8 Å². The minimum absolute atomic E-state index is 0.126. The molecule has 4 aromatic carbocycles. The molecule has 0 saturated heterocycles. The van der Waals surface area contributed by atoms with Gasteiger partial charge in [-0.1, -0.05) is 0 Å². The van der Waals surface area contributed by atoms with E-state index in [-0.39, 0.29) is 7.35 Å². The summed E-state index contributed by atoms with van der Waals surface area (Å²) in [5.41, 5.74) is 16.9. The van der Waals surface area contributed by atoms with Crippen LogP contribution in [0.1, 0.15) is 145 Å². The summed E-state index contributed by atoms with van der Waals surface area (Å²) < 4.78 is 0.252. The van der Waals surface area contributed by atoms with E-state index in [9.17, 15) is 0 Å². The second-order valence-electron chi connectivity index (χ2n) is 16.3. The van der Waals surface area contributed by atoms with Crippen molar-refractivity contribution in [1.29, 1.82) is 0 Å². The predicted octanol–water partition coefficient (Wildman–Crippen LogP) is 16.0. The van der Waals surface area contributed by atoms with Crippen molar-refractivity contribution < 1.29 is 15.3 Å². The van der Waals surface area contributed by atoms with Gasteiger partial charge in [-0.15, -0.1) is 0 Å². The van der Waals surface area contributed by atoms with Gasteiger partial charge in [-0.05, 0) is 0 Å². The first kappa shape index (κ1) is 39.7. The predicted molar refractivity (Wildman–Crippen MR) is 232 cm³/mol. The third kappa shape index (κ3) is 6.90. The molecule has 2 aliphatic rings. The summed E-state index contributed by atoms with van der Waals surface area (Å²) in [5, 5.41) is 0. The zero-order valence-electron chi connectivity index (χ0n) is 33.0. The molecule has 4 atom stereocenters. The van der Waals surface area contributed by atoms with Crippen LogP contribution in [0.2, 0.25) is 13.1 Å². The summed E-state index contributed by atoms with van der Waals surface area (Å²) in [6.07, 6.45) is 14.1. The van der Waals surface area contributed by atoms with E-state index in [1.807, 2.05) is 0 Å². The van der Waals surface area contributed by atoms with Crippen LogP contribution < -0.4 is 0 Å². The van der Waals surface area contributed by atoms with Gasteiger partial charge in [0.1, 0.15) is 0 Å². The molecule has 0 N–H and O–H groups in total. The van der Waals surface area contributed by atoms with Crippen molar-refractivity contribution in [3.8, 4) is 22.3 Å². The molecule has 4 heteroatoms. The summed E-state index contributed by atoms with van der Waals surface area (Å²) in [5.74, 6) is -0.679. The van der Waals surface area contributed by atoms with Gasteiger partial charge in [0, 0.05) is 0 Å². The zero-order chi connectivity index (χ0) is 37.2. The van der Waals surface area contributed by atoms with Gasteiger partial charge in [0.15, 0.2) is 0 Å². The zero-order valence-corrected chi connectivity index (χ0v) is 39.3. The Kier molecular flexibility index (Phi) is 12.5. The van der Waals surface area contributed by atoms with Crippen molar-refractivity contribution in [2.75, 3.05) is 0 Å². The van der Waals surface area contributed by atoms with E-state index in [2.05, 4.69) is 152 Å². The Morgan fingerprint density at radius 3 is 1.31 bits per heavy atom. The summed E-state index contributed by atoms with van der Waals surface area (Å²) in [4.78, 5) is 0. The second kappa shape index (κ2) is 16.4. The molecule has 0 aliphatic heterocycles. The van der Waals surface area contributed by atoms with Gasteiger partial charge in [0.05, 0.1) is 0 Å². The van der Waals surface area contributed by atoms with Gasteiger partial charge in [0.25, 0.3) is 0 Å². The molecule has 0 bridgehead atoms. The fourth-order valence-electron chi connectivity index (χ4n) is 9.51. The van der Waals surface area contributed by atoms with Crippen LogP contribution in [0.4, 0.5) is 0 Å². The summed E-state index contributed by atoms with van der Waals surface area (Å²) >= 11 is -5.08. The number of halogens is 2. The van der Waals surface area contributed by atoms with E-state index >= 15 is 0 Å². The Hall–Kier alpha value is -1.97. The second-order valence-corrected chi connectivity index (χ2v) is 75.6. The van der Waals surface area contributed by atoms with Gasteiger partial charge in [-0.3, -0.25) is 0 Å². The van der Waals surface area contributed by atoms with Crippen LogP contribution >= 0.6 is 17.2 Å². The Morgan fingerprint density at radius 1 is 0.558 bits per heavy atom.